The average Bonchev–Trinajstić information content (AvgIpc) is 2.72. The quantitative estimate of drug-likeness (QED) is 0.350. The van der Waals surface area contributed by atoms with Gasteiger partial charge in [-0.25, -0.2) is 16.8 Å². The number of ketones is 1. The number of benzene rings is 3. The number of aryl methyl sites for hydroxylation is 1. The summed E-state index contributed by atoms with van der Waals surface area (Å²) < 4.78 is 60.0. The first-order chi connectivity index (χ1) is 15.0. The normalized spacial score (nSPS) is 11.4. The second-order valence-electron chi connectivity index (χ2n) is 6.99. The fourth-order valence-corrected chi connectivity index (χ4v) is 5.50. The SMILES string of the molecule is COc1ccc(Oc2ccc(C(=O)c3ccc(C)cc3)cc2)cc1S(=O)(=O)NS(C)(=O)=O.[Na+]. The molecule has 0 aliphatic rings. The van der Waals surface area contributed by atoms with E-state index >= 15 is 0 Å². The molecule has 0 heterocycles. The van der Waals surface area contributed by atoms with Gasteiger partial charge in [0.2, 0.25) is 10.0 Å². The molecule has 0 aromatic heterocycles. The molecule has 0 fully saturated rings. The third-order valence-corrected chi connectivity index (χ3v) is 7.34. The van der Waals surface area contributed by atoms with E-state index in [2.05, 4.69) is 0 Å². The Balaban J connectivity index is 0.00000385. The van der Waals surface area contributed by atoms with Gasteiger partial charge in [-0.2, -0.15) is 0 Å². The van der Waals surface area contributed by atoms with Crippen LogP contribution in [0.25, 0.3) is 0 Å². The van der Waals surface area contributed by atoms with Crippen molar-refractivity contribution >= 4 is 25.8 Å². The van der Waals surface area contributed by atoms with Crippen LogP contribution in [0.15, 0.2) is 71.6 Å². The molecule has 0 spiro atoms. The van der Waals surface area contributed by atoms with E-state index in [1.54, 1.807) is 40.5 Å². The summed E-state index contributed by atoms with van der Waals surface area (Å²) >= 11 is 0. The van der Waals surface area contributed by atoms with E-state index < -0.39 is 24.9 Å². The van der Waals surface area contributed by atoms with Gasteiger partial charge in [0.25, 0.3) is 10.0 Å². The smallest absolute Gasteiger partial charge is 0.495 e. The van der Waals surface area contributed by atoms with Crippen LogP contribution < -0.4 is 43.2 Å². The Morgan fingerprint density at radius 3 is 1.85 bits per heavy atom. The van der Waals surface area contributed by atoms with Crippen LogP contribution in [0.5, 0.6) is 17.2 Å². The van der Waals surface area contributed by atoms with Crippen molar-refractivity contribution in [2.75, 3.05) is 13.4 Å². The Labute approximate surface area is 215 Å². The zero-order valence-electron chi connectivity index (χ0n) is 18.5. The molecule has 0 unspecified atom stereocenters. The number of nitrogens with one attached hydrogen (secondary N) is 1. The summed E-state index contributed by atoms with van der Waals surface area (Å²) in [5.74, 6) is 0.307. The minimum absolute atomic E-state index is 0. The molecule has 0 aliphatic carbocycles. The van der Waals surface area contributed by atoms with Crippen molar-refractivity contribution in [1.29, 1.82) is 0 Å². The summed E-state index contributed by atoms with van der Waals surface area (Å²) in [6, 6.07) is 17.6. The van der Waals surface area contributed by atoms with E-state index in [1.165, 1.54) is 19.2 Å². The number of carbonyl (C=O) groups is 1. The van der Waals surface area contributed by atoms with Crippen LogP contribution in [0.3, 0.4) is 0 Å². The van der Waals surface area contributed by atoms with E-state index in [0.717, 1.165) is 17.9 Å². The van der Waals surface area contributed by atoms with Gasteiger partial charge in [0.1, 0.15) is 22.1 Å². The van der Waals surface area contributed by atoms with Crippen LogP contribution >= 0.6 is 0 Å². The maximum atomic E-state index is 12.6. The summed E-state index contributed by atoms with van der Waals surface area (Å²) in [6.07, 6.45) is 0.733. The fourth-order valence-electron chi connectivity index (χ4n) is 2.86. The number of hydrogen-bond donors (Lipinski definition) is 1. The summed E-state index contributed by atoms with van der Waals surface area (Å²) in [5, 5.41) is 0. The van der Waals surface area contributed by atoms with Gasteiger partial charge in [0.05, 0.1) is 13.4 Å². The van der Waals surface area contributed by atoms with Gasteiger partial charge in [-0.05, 0) is 43.3 Å². The number of hydrogen-bond acceptors (Lipinski definition) is 7. The van der Waals surface area contributed by atoms with E-state index in [4.69, 9.17) is 9.47 Å². The molecule has 0 atom stereocenters. The Hall–Kier alpha value is -2.21. The van der Waals surface area contributed by atoms with Crippen molar-refractivity contribution in [3.05, 3.63) is 83.4 Å². The molecule has 0 aliphatic heterocycles. The fraction of sp³-hybridized carbons (Fsp3) is 0.136. The molecule has 0 amide bonds. The second-order valence-corrected chi connectivity index (χ2v) is 10.7. The summed E-state index contributed by atoms with van der Waals surface area (Å²) in [6.45, 7) is 1.94. The van der Waals surface area contributed by atoms with Gasteiger partial charge in [0, 0.05) is 17.2 Å². The van der Waals surface area contributed by atoms with Crippen LogP contribution in [0, 0.1) is 6.92 Å². The van der Waals surface area contributed by atoms with Crippen LogP contribution in [0.1, 0.15) is 21.5 Å². The minimum Gasteiger partial charge on any atom is -0.495 e. The Morgan fingerprint density at radius 1 is 0.818 bits per heavy atom. The summed E-state index contributed by atoms with van der Waals surface area (Å²) in [7, 11) is -7.18. The summed E-state index contributed by atoms with van der Waals surface area (Å²) in [5.41, 5.74) is 2.09. The molecule has 3 aromatic rings. The van der Waals surface area contributed by atoms with Crippen molar-refractivity contribution in [3.63, 3.8) is 0 Å². The second kappa shape index (κ2) is 10.8. The molecule has 11 heteroatoms. The third kappa shape index (κ3) is 7.13. The Kier molecular flexibility index (Phi) is 8.86. The third-order valence-electron chi connectivity index (χ3n) is 4.35. The Bertz CT molecular complexity index is 1350. The monoisotopic (exact) mass is 498 g/mol. The molecule has 3 aromatic carbocycles. The van der Waals surface area contributed by atoms with E-state index in [-0.39, 0.29) is 46.8 Å². The number of rotatable bonds is 8. The molecular formula is C22H21NNaO7S2+. The van der Waals surface area contributed by atoms with Crippen LogP contribution in [-0.2, 0) is 20.0 Å². The van der Waals surface area contributed by atoms with Gasteiger partial charge in [-0.15, -0.1) is 4.13 Å². The number of methoxy groups -OCH3 is 1. The molecular weight excluding hydrogens is 477 g/mol. The average molecular weight is 499 g/mol. The first-order valence-corrected chi connectivity index (χ1v) is 12.7. The minimum atomic E-state index is -4.41. The molecule has 168 valence electrons. The van der Waals surface area contributed by atoms with Crippen molar-refractivity contribution in [3.8, 4) is 17.2 Å². The van der Waals surface area contributed by atoms with Crippen LogP contribution in [-0.4, -0.2) is 36.0 Å². The molecule has 1 N–H and O–H groups in total. The summed E-state index contributed by atoms with van der Waals surface area (Å²) in [4.78, 5) is 12.2. The molecule has 3 rings (SSSR count). The number of sulfonamides is 2. The van der Waals surface area contributed by atoms with E-state index in [9.17, 15) is 21.6 Å². The maximum Gasteiger partial charge on any atom is 1.00 e. The molecule has 0 bridgehead atoms. The largest absolute Gasteiger partial charge is 1.00 e. The molecule has 8 nitrogen and oxygen atoms in total. The molecule has 0 saturated heterocycles. The van der Waals surface area contributed by atoms with Crippen molar-refractivity contribution in [1.82, 2.24) is 4.13 Å². The predicted molar refractivity (Wildman–Crippen MR) is 119 cm³/mol. The molecule has 0 radical (unpaired) electrons. The topological polar surface area (TPSA) is 116 Å². The number of ether oxygens (including phenoxy) is 2. The van der Waals surface area contributed by atoms with Crippen molar-refractivity contribution < 1.29 is 60.7 Å². The standard InChI is InChI=1S/C22H21NO7S2.Na/c1-15-4-6-16(7-5-15)22(24)17-8-10-18(11-9-17)30-19-12-13-20(29-2)21(14-19)32(27,28)23-31(3,25)26;/h4-14,23H,1-3H3;/q;+1. The zero-order chi connectivity index (χ0) is 23.5. The van der Waals surface area contributed by atoms with Gasteiger partial charge < -0.3 is 9.47 Å². The van der Waals surface area contributed by atoms with Gasteiger partial charge in [-0.1, -0.05) is 29.8 Å². The first-order valence-electron chi connectivity index (χ1n) is 9.29. The van der Waals surface area contributed by atoms with Gasteiger partial charge in [0.15, 0.2) is 5.78 Å². The molecule has 0 saturated carbocycles. The molecule has 33 heavy (non-hydrogen) atoms. The van der Waals surface area contributed by atoms with Crippen molar-refractivity contribution in [2.45, 2.75) is 11.8 Å². The predicted octanol–water partition coefficient (Wildman–Crippen LogP) is 0.269. The van der Waals surface area contributed by atoms with Crippen molar-refractivity contribution in [2.24, 2.45) is 0 Å². The van der Waals surface area contributed by atoms with Gasteiger partial charge in [-0.3, -0.25) is 4.79 Å². The van der Waals surface area contributed by atoms with E-state index in [0.29, 0.717) is 16.9 Å². The van der Waals surface area contributed by atoms with Gasteiger partial charge >= 0.3 is 29.6 Å². The van der Waals surface area contributed by atoms with Crippen LogP contribution in [0.4, 0.5) is 0 Å². The number of carbonyl (C=O) groups excluding carboxylic acids is 1. The van der Waals surface area contributed by atoms with Crippen LogP contribution in [0.2, 0.25) is 0 Å². The Morgan fingerprint density at radius 2 is 1.33 bits per heavy atom. The maximum absolute atomic E-state index is 12.6. The zero-order valence-corrected chi connectivity index (χ0v) is 22.2. The van der Waals surface area contributed by atoms with E-state index in [1.807, 2.05) is 19.1 Å². The first kappa shape index (κ1) is 27.0.